The van der Waals surface area contributed by atoms with E-state index in [0.717, 1.165) is 0 Å². The number of benzene rings is 1. The van der Waals surface area contributed by atoms with Crippen molar-refractivity contribution in [1.29, 1.82) is 0 Å². The van der Waals surface area contributed by atoms with Crippen LogP contribution in [0.15, 0.2) is 18.2 Å². The third kappa shape index (κ3) is 3.27. The zero-order chi connectivity index (χ0) is 12.8. The van der Waals surface area contributed by atoms with E-state index in [1.165, 1.54) is 0 Å². The Kier molecular flexibility index (Phi) is 4.25. The maximum absolute atomic E-state index is 11.4. The lowest BCUT2D eigenvalue weighted by molar-refractivity contribution is -0.124. The van der Waals surface area contributed by atoms with Gasteiger partial charge in [0.1, 0.15) is 12.5 Å². The molecule has 0 saturated carbocycles. The Morgan fingerprint density at radius 3 is 3.11 bits per heavy atom. The number of ether oxygens (including phenoxy) is 4. The van der Waals surface area contributed by atoms with Crippen molar-refractivity contribution in [2.45, 2.75) is 6.92 Å². The number of hydrogen-bond donors (Lipinski definition) is 1. The highest BCUT2D eigenvalue weighted by Gasteiger charge is 2.14. The Morgan fingerprint density at radius 1 is 1.44 bits per heavy atom. The second-order valence-electron chi connectivity index (χ2n) is 3.54. The Morgan fingerprint density at radius 2 is 2.28 bits per heavy atom. The zero-order valence-electron chi connectivity index (χ0n) is 10.1. The minimum atomic E-state index is -0.235. The Balaban J connectivity index is 0.00000180. The lowest BCUT2D eigenvalue weighted by Crippen LogP contribution is -2.30. The molecule has 6 heteroatoms. The van der Waals surface area contributed by atoms with Crippen molar-refractivity contribution in [1.82, 2.24) is 5.32 Å². The second-order valence-corrected chi connectivity index (χ2v) is 3.54. The Hall–Kier alpha value is -1.95. The topological polar surface area (TPSA) is 66.0 Å². The highest BCUT2D eigenvalue weighted by Crippen LogP contribution is 2.34. The van der Waals surface area contributed by atoms with Crippen LogP contribution in [0, 0.1) is 0 Å². The average Bonchev–Trinajstić information content (AvgIpc) is 2.84. The summed E-state index contributed by atoms with van der Waals surface area (Å²) >= 11 is 0. The molecular formula is C12H17NO5. The van der Waals surface area contributed by atoms with Crippen molar-refractivity contribution in [3.63, 3.8) is 0 Å². The van der Waals surface area contributed by atoms with Crippen LogP contribution in [0.2, 0.25) is 0 Å². The summed E-state index contributed by atoms with van der Waals surface area (Å²) in [4.78, 5) is 11.4. The summed E-state index contributed by atoms with van der Waals surface area (Å²) in [6, 6.07) is 5.16. The normalized spacial score (nSPS) is 12.3. The van der Waals surface area contributed by atoms with Gasteiger partial charge >= 0.3 is 0 Å². The van der Waals surface area contributed by atoms with Gasteiger partial charge in [-0.3, -0.25) is 4.79 Å². The summed E-state index contributed by atoms with van der Waals surface area (Å²) in [5.41, 5.74) is 0. The molecule has 100 valence electrons. The van der Waals surface area contributed by atoms with E-state index in [0.29, 0.717) is 23.9 Å². The van der Waals surface area contributed by atoms with Crippen LogP contribution in [-0.4, -0.2) is 32.6 Å². The first kappa shape index (κ1) is 12.5. The van der Waals surface area contributed by atoms with Crippen molar-refractivity contribution in [2.75, 3.05) is 26.7 Å². The smallest absolute Gasteiger partial charge is 0.259 e. The lowest BCUT2D eigenvalue weighted by Gasteiger charge is -2.07. The Labute approximate surface area is 106 Å². The lowest BCUT2D eigenvalue weighted by atomic mass is 10.3. The molecule has 0 spiro atoms. The van der Waals surface area contributed by atoms with E-state index in [2.05, 4.69) is 5.32 Å². The standard InChI is InChI=1S/C12H15NO5.H2/c1-2-15-7-13-12(14)6-16-9-3-4-10-11(5-9)18-8-17-10;/h3-5H,2,6-8H2,1H3,(H,13,14);1H. The summed E-state index contributed by atoms with van der Waals surface area (Å²) in [6.45, 7) is 2.76. The van der Waals surface area contributed by atoms with E-state index in [1.54, 1.807) is 18.2 Å². The van der Waals surface area contributed by atoms with Gasteiger partial charge in [-0.25, -0.2) is 0 Å². The van der Waals surface area contributed by atoms with Crippen molar-refractivity contribution in [3.05, 3.63) is 18.2 Å². The van der Waals surface area contributed by atoms with Crippen molar-refractivity contribution in [3.8, 4) is 17.2 Å². The number of carbonyl (C=O) groups excluding carboxylic acids is 1. The highest BCUT2D eigenvalue weighted by atomic mass is 16.7. The Bertz CT molecular complexity index is 427. The first-order chi connectivity index (χ1) is 8.79. The summed E-state index contributed by atoms with van der Waals surface area (Å²) < 4.78 is 20.7. The maximum Gasteiger partial charge on any atom is 0.259 e. The molecule has 0 atom stereocenters. The van der Waals surface area contributed by atoms with Crippen LogP contribution in [-0.2, 0) is 9.53 Å². The van der Waals surface area contributed by atoms with Crippen LogP contribution in [0.25, 0.3) is 0 Å². The van der Waals surface area contributed by atoms with E-state index in [-0.39, 0.29) is 27.5 Å². The molecule has 1 aromatic rings. The van der Waals surface area contributed by atoms with Crippen LogP contribution in [0.1, 0.15) is 8.35 Å². The fourth-order valence-electron chi connectivity index (χ4n) is 1.40. The molecule has 1 aromatic carbocycles. The maximum atomic E-state index is 11.4. The first-order valence-electron chi connectivity index (χ1n) is 5.66. The fraction of sp³-hybridized carbons (Fsp3) is 0.417. The molecule has 0 unspecified atom stereocenters. The molecule has 1 aliphatic heterocycles. The predicted octanol–water partition coefficient (Wildman–Crippen LogP) is 1.15. The third-order valence-electron chi connectivity index (χ3n) is 2.29. The van der Waals surface area contributed by atoms with Crippen molar-refractivity contribution in [2.24, 2.45) is 0 Å². The van der Waals surface area contributed by atoms with Crippen LogP contribution >= 0.6 is 0 Å². The van der Waals surface area contributed by atoms with Gasteiger partial charge < -0.3 is 24.3 Å². The average molecular weight is 255 g/mol. The molecule has 1 amide bonds. The quantitative estimate of drug-likeness (QED) is 0.610. The van der Waals surface area contributed by atoms with Crippen molar-refractivity contribution < 1.29 is 25.2 Å². The number of carbonyl (C=O) groups is 1. The molecule has 1 aliphatic rings. The molecule has 2 rings (SSSR count). The number of fused-ring (bicyclic) bond motifs is 1. The van der Waals surface area contributed by atoms with Gasteiger partial charge in [0.15, 0.2) is 18.1 Å². The van der Waals surface area contributed by atoms with Gasteiger partial charge in [-0.1, -0.05) is 0 Å². The summed E-state index contributed by atoms with van der Waals surface area (Å²) in [6.07, 6.45) is 0. The summed E-state index contributed by atoms with van der Waals surface area (Å²) in [7, 11) is 0. The predicted molar refractivity (Wildman–Crippen MR) is 64.8 cm³/mol. The van der Waals surface area contributed by atoms with Gasteiger partial charge in [0.2, 0.25) is 6.79 Å². The molecule has 18 heavy (non-hydrogen) atoms. The molecule has 0 aromatic heterocycles. The van der Waals surface area contributed by atoms with Gasteiger partial charge in [0, 0.05) is 14.1 Å². The molecule has 0 aliphatic carbocycles. The molecule has 0 radical (unpaired) electrons. The molecule has 1 N–H and O–H groups in total. The zero-order valence-corrected chi connectivity index (χ0v) is 10.1. The summed E-state index contributed by atoms with van der Waals surface area (Å²) in [5.74, 6) is 1.64. The van der Waals surface area contributed by atoms with Crippen LogP contribution in [0.3, 0.4) is 0 Å². The van der Waals surface area contributed by atoms with Crippen LogP contribution < -0.4 is 19.5 Å². The van der Waals surface area contributed by atoms with Gasteiger partial charge in [0.25, 0.3) is 5.91 Å². The van der Waals surface area contributed by atoms with E-state index in [9.17, 15) is 4.79 Å². The first-order valence-corrected chi connectivity index (χ1v) is 5.66. The van der Waals surface area contributed by atoms with Gasteiger partial charge in [-0.05, 0) is 19.1 Å². The molecule has 0 saturated heterocycles. The fourth-order valence-corrected chi connectivity index (χ4v) is 1.40. The minimum absolute atomic E-state index is 0. The van der Waals surface area contributed by atoms with Gasteiger partial charge in [-0.15, -0.1) is 0 Å². The van der Waals surface area contributed by atoms with Crippen LogP contribution in [0.4, 0.5) is 0 Å². The number of hydrogen-bond acceptors (Lipinski definition) is 5. The van der Waals surface area contributed by atoms with E-state index < -0.39 is 0 Å². The third-order valence-corrected chi connectivity index (χ3v) is 2.29. The monoisotopic (exact) mass is 255 g/mol. The minimum Gasteiger partial charge on any atom is -0.484 e. The SMILES string of the molecule is CCOCNC(=O)COc1ccc2c(c1)OCO2.[HH]. The number of amides is 1. The second kappa shape index (κ2) is 6.11. The van der Waals surface area contributed by atoms with Gasteiger partial charge in [0.05, 0.1) is 0 Å². The number of rotatable bonds is 6. The highest BCUT2D eigenvalue weighted by molar-refractivity contribution is 5.77. The molecular weight excluding hydrogens is 238 g/mol. The largest absolute Gasteiger partial charge is 0.484 e. The summed E-state index contributed by atoms with van der Waals surface area (Å²) in [5, 5.41) is 2.56. The van der Waals surface area contributed by atoms with Gasteiger partial charge in [-0.2, -0.15) is 0 Å². The van der Waals surface area contributed by atoms with Crippen LogP contribution in [0.5, 0.6) is 17.2 Å². The number of nitrogens with one attached hydrogen (secondary N) is 1. The molecule has 0 bridgehead atoms. The molecule has 1 heterocycles. The van der Waals surface area contributed by atoms with E-state index in [1.807, 2.05) is 6.92 Å². The van der Waals surface area contributed by atoms with E-state index >= 15 is 0 Å². The van der Waals surface area contributed by atoms with E-state index in [4.69, 9.17) is 18.9 Å². The molecule has 6 nitrogen and oxygen atoms in total. The van der Waals surface area contributed by atoms with Crippen molar-refractivity contribution >= 4 is 5.91 Å². The molecule has 0 fully saturated rings.